The minimum Gasteiger partial charge on any atom is -0.292 e. The zero-order valence-corrected chi connectivity index (χ0v) is 19.5. The van der Waals surface area contributed by atoms with Gasteiger partial charge in [0.1, 0.15) is 0 Å². The highest BCUT2D eigenvalue weighted by atomic mass is 16.2. The molecule has 0 aliphatic heterocycles. The molecule has 0 heterocycles. The Hall–Kier alpha value is -0.570. The summed E-state index contributed by atoms with van der Waals surface area (Å²) in [6.07, 6.45) is 28.1. The zero-order chi connectivity index (χ0) is 20.5. The van der Waals surface area contributed by atoms with Crippen LogP contribution in [0.4, 0.5) is 0 Å². The molecule has 0 fully saturated rings. The van der Waals surface area contributed by atoms with Gasteiger partial charge in [-0.15, -0.1) is 0 Å². The molecule has 0 saturated heterocycles. The standard InChI is InChI=1S/C25H52N2O/c1-3-5-6-7-8-9-10-11-12-13-14-15-16-17-18-19-20-21-22-23-25(28)27-26-24-4-2/h26H,3-24H2,1-2H3,(H,27,28). The summed E-state index contributed by atoms with van der Waals surface area (Å²) in [4.78, 5) is 11.5. The molecule has 3 nitrogen and oxygen atoms in total. The van der Waals surface area contributed by atoms with Gasteiger partial charge < -0.3 is 0 Å². The third-order valence-electron chi connectivity index (χ3n) is 5.61. The molecule has 0 aromatic rings. The highest BCUT2D eigenvalue weighted by molar-refractivity contribution is 5.75. The largest absolute Gasteiger partial charge is 0.292 e. The summed E-state index contributed by atoms with van der Waals surface area (Å²) in [5.74, 6) is 0.139. The molecule has 0 unspecified atom stereocenters. The molecule has 3 heteroatoms. The lowest BCUT2D eigenvalue weighted by atomic mass is 10.0. The lowest BCUT2D eigenvalue weighted by molar-refractivity contribution is -0.122. The first-order valence-corrected chi connectivity index (χ1v) is 12.8. The lowest BCUT2D eigenvalue weighted by Crippen LogP contribution is -2.37. The first kappa shape index (κ1) is 27.4. The van der Waals surface area contributed by atoms with Crippen molar-refractivity contribution in [3.05, 3.63) is 0 Å². The maximum atomic E-state index is 11.5. The number of carbonyl (C=O) groups is 1. The Labute approximate surface area is 177 Å². The van der Waals surface area contributed by atoms with Gasteiger partial charge in [0.2, 0.25) is 5.91 Å². The van der Waals surface area contributed by atoms with Gasteiger partial charge in [0.05, 0.1) is 0 Å². The van der Waals surface area contributed by atoms with E-state index >= 15 is 0 Å². The topological polar surface area (TPSA) is 41.1 Å². The fourth-order valence-electron chi connectivity index (χ4n) is 3.71. The van der Waals surface area contributed by atoms with E-state index in [2.05, 4.69) is 24.7 Å². The molecule has 0 bridgehead atoms. The summed E-state index contributed by atoms with van der Waals surface area (Å²) in [6, 6.07) is 0. The van der Waals surface area contributed by atoms with Gasteiger partial charge in [0.25, 0.3) is 0 Å². The van der Waals surface area contributed by atoms with Gasteiger partial charge in [-0.05, 0) is 12.8 Å². The number of carbonyl (C=O) groups excluding carboxylic acids is 1. The van der Waals surface area contributed by atoms with Crippen molar-refractivity contribution in [1.29, 1.82) is 0 Å². The van der Waals surface area contributed by atoms with E-state index in [0.717, 1.165) is 19.4 Å². The van der Waals surface area contributed by atoms with Crippen LogP contribution in [0.25, 0.3) is 0 Å². The van der Waals surface area contributed by atoms with Crippen LogP contribution in [0.1, 0.15) is 149 Å². The van der Waals surface area contributed by atoms with Crippen molar-refractivity contribution in [3.63, 3.8) is 0 Å². The molecule has 0 radical (unpaired) electrons. The minimum absolute atomic E-state index is 0.139. The second kappa shape index (κ2) is 24.5. The summed E-state index contributed by atoms with van der Waals surface area (Å²) in [5, 5.41) is 0. The molecule has 0 atom stereocenters. The number of rotatable bonds is 23. The van der Waals surface area contributed by atoms with E-state index in [9.17, 15) is 4.79 Å². The molecule has 1 amide bonds. The Morgan fingerprint density at radius 3 is 1.21 bits per heavy atom. The summed E-state index contributed by atoms with van der Waals surface area (Å²) in [7, 11) is 0. The Morgan fingerprint density at radius 1 is 0.500 bits per heavy atom. The van der Waals surface area contributed by atoms with Crippen molar-refractivity contribution >= 4 is 5.91 Å². The number of nitrogens with one attached hydrogen (secondary N) is 2. The maximum absolute atomic E-state index is 11.5. The number of hydrazine groups is 1. The Kier molecular flexibility index (Phi) is 24.0. The van der Waals surface area contributed by atoms with Crippen molar-refractivity contribution in [1.82, 2.24) is 10.9 Å². The third kappa shape index (κ3) is 23.5. The van der Waals surface area contributed by atoms with Crippen LogP contribution in [-0.2, 0) is 4.79 Å². The average Bonchev–Trinajstić information content (AvgIpc) is 2.70. The van der Waals surface area contributed by atoms with Crippen molar-refractivity contribution in [2.45, 2.75) is 149 Å². The number of amides is 1. The maximum Gasteiger partial charge on any atom is 0.234 e. The first-order chi connectivity index (χ1) is 13.8. The Balaban J connectivity index is 3.06. The van der Waals surface area contributed by atoms with Gasteiger partial charge in [0, 0.05) is 13.0 Å². The van der Waals surface area contributed by atoms with Gasteiger partial charge in [-0.1, -0.05) is 129 Å². The van der Waals surface area contributed by atoms with Crippen molar-refractivity contribution < 1.29 is 4.79 Å². The second-order valence-corrected chi connectivity index (χ2v) is 8.59. The van der Waals surface area contributed by atoms with Crippen LogP contribution in [0, 0.1) is 0 Å². The third-order valence-corrected chi connectivity index (χ3v) is 5.61. The first-order valence-electron chi connectivity index (χ1n) is 12.8. The minimum atomic E-state index is 0.139. The van der Waals surface area contributed by atoms with Crippen LogP contribution >= 0.6 is 0 Å². The summed E-state index contributed by atoms with van der Waals surface area (Å²) in [5.41, 5.74) is 5.70. The van der Waals surface area contributed by atoms with Gasteiger partial charge >= 0.3 is 0 Å². The summed E-state index contributed by atoms with van der Waals surface area (Å²) in [6.45, 7) is 5.24. The second-order valence-electron chi connectivity index (χ2n) is 8.59. The quantitative estimate of drug-likeness (QED) is 0.136. The normalized spacial score (nSPS) is 11.1. The van der Waals surface area contributed by atoms with E-state index in [0.29, 0.717) is 6.42 Å². The fourth-order valence-corrected chi connectivity index (χ4v) is 3.71. The van der Waals surface area contributed by atoms with Crippen molar-refractivity contribution in [2.24, 2.45) is 0 Å². The van der Waals surface area contributed by atoms with Crippen LogP contribution in [0.5, 0.6) is 0 Å². The van der Waals surface area contributed by atoms with Crippen LogP contribution in [-0.4, -0.2) is 12.5 Å². The van der Waals surface area contributed by atoms with Crippen LogP contribution < -0.4 is 10.9 Å². The molecule has 0 aromatic heterocycles. The van der Waals surface area contributed by atoms with Crippen LogP contribution in [0.2, 0.25) is 0 Å². The van der Waals surface area contributed by atoms with Crippen LogP contribution in [0.15, 0.2) is 0 Å². The molecular weight excluding hydrogens is 344 g/mol. The van der Waals surface area contributed by atoms with Gasteiger partial charge in [-0.2, -0.15) is 0 Å². The fraction of sp³-hybridized carbons (Fsp3) is 0.960. The molecule has 0 aliphatic rings. The molecule has 0 aliphatic carbocycles. The predicted molar refractivity (Wildman–Crippen MR) is 124 cm³/mol. The van der Waals surface area contributed by atoms with Gasteiger partial charge in [-0.25, -0.2) is 5.43 Å². The van der Waals surface area contributed by atoms with Crippen LogP contribution in [0.3, 0.4) is 0 Å². The SMILES string of the molecule is CCCCCCCCCCCCCCCCCCCCCC(=O)NNCCC. The average molecular weight is 397 g/mol. The van der Waals surface area contributed by atoms with E-state index < -0.39 is 0 Å². The van der Waals surface area contributed by atoms with Crippen molar-refractivity contribution in [3.8, 4) is 0 Å². The summed E-state index contributed by atoms with van der Waals surface area (Å²) >= 11 is 0. The molecule has 2 N–H and O–H groups in total. The number of hydrogen-bond acceptors (Lipinski definition) is 2. The van der Waals surface area contributed by atoms with E-state index in [4.69, 9.17) is 0 Å². The van der Waals surface area contributed by atoms with Crippen molar-refractivity contribution in [2.75, 3.05) is 6.54 Å². The smallest absolute Gasteiger partial charge is 0.234 e. The highest BCUT2D eigenvalue weighted by Crippen LogP contribution is 2.14. The molecule has 28 heavy (non-hydrogen) atoms. The molecule has 0 rings (SSSR count). The number of unbranched alkanes of at least 4 members (excludes halogenated alkanes) is 18. The van der Waals surface area contributed by atoms with E-state index in [1.807, 2.05) is 0 Å². The van der Waals surface area contributed by atoms with Gasteiger partial charge in [-0.3, -0.25) is 10.2 Å². The number of hydrogen-bond donors (Lipinski definition) is 2. The molecule has 0 aromatic carbocycles. The predicted octanol–water partition coefficient (Wildman–Crippen LogP) is 7.84. The molecule has 168 valence electrons. The highest BCUT2D eigenvalue weighted by Gasteiger charge is 2.00. The molecule has 0 spiro atoms. The van der Waals surface area contributed by atoms with E-state index in [-0.39, 0.29) is 5.91 Å². The Morgan fingerprint density at radius 2 is 0.857 bits per heavy atom. The monoisotopic (exact) mass is 396 g/mol. The molecular formula is C25H52N2O. The molecule has 0 saturated carbocycles. The summed E-state index contributed by atoms with van der Waals surface area (Å²) < 4.78 is 0. The van der Waals surface area contributed by atoms with Gasteiger partial charge in [0.15, 0.2) is 0 Å². The Bertz CT molecular complexity index is 307. The lowest BCUT2D eigenvalue weighted by Gasteiger charge is -2.06. The van der Waals surface area contributed by atoms with E-state index in [1.54, 1.807) is 0 Å². The van der Waals surface area contributed by atoms with E-state index in [1.165, 1.54) is 116 Å². The zero-order valence-electron chi connectivity index (χ0n) is 19.5.